The lowest BCUT2D eigenvalue weighted by Gasteiger charge is -2.18. The van der Waals surface area contributed by atoms with Gasteiger partial charge in [0.1, 0.15) is 12.5 Å². The fraction of sp³-hybridized carbons (Fsp3) is 0.312. The van der Waals surface area contributed by atoms with Crippen LogP contribution in [0.1, 0.15) is 18.4 Å². The van der Waals surface area contributed by atoms with E-state index in [1.165, 1.54) is 12.1 Å². The third kappa shape index (κ3) is 2.33. The van der Waals surface area contributed by atoms with Gasteiger partial charge in [-0.1, -0.05) is 19.1 Å². The van der Waals surface area contributed by atoms with E-state index in [1.807, 2.05) is 17.0 Å². The molecule has 0 bridgehead atoms. The van der Waals surface area contributed by atoms with E-state index in [0.29, 0.717) is 12.5 Å². The molecule has 0 amide bonds. The Morgan fingerprint density at radius 3 is 2.95 bits per heavy atom. The number of halogens is 2. The van der Waals surface area contributed by atoms with Crippen molar-refractivity contribution in [1.29, 1.82) is 0 Å². The summed E-state index contributed by atoms with van der Waals surface area (Å²) in [6.07, 6.45) is 0. The number of nitrogens with two attached hydrogens (primary N) is 1. The second-order valence-electron chi connectivity index (χ2n) is 5.30. The first-order valence-electron chi connectivity index (χ1n) is 6.97. The molecule has 1 aliphatic rings. The monoisotopic (exact) mass is 289 g/mol. The molecule has 3 nitrogen and oxygen atoms in total. The summed E-state index contributed by atoms with van der Waals surface area (Å²) in [4.78, 5) is 5.94. The largest absolute Gasteiger partial charge is 0.370 e. The van der Waals surface area contributed by atoms with Gasteiger partial charge in [0.15, 0.2) is 5.96 Å². The standard InChI is InChI=1S/C16H17F2N3/c1-10-9-21(16(19)20-7-6-17)14-5-2-11-8-12(18)3-4-13(11)15(10)14/h2-5,8,10H,6-7,9H2,1H3,(H2,19,20). The lowest BCUT2D eigenvalue weighted by molar-refractivity contribution is 0.504. The van der Waals surface area contributed by atoms with Crippen molar-refractivity contribution in [2.45, 2.75) is 12.8 Å². The second kappa shape index (κ2) is 5.31. The molecule has 2 aromatic rings. The van der Waals surface area contributed by atoms with Gasteiger partial charge < -0.3 is 10.6 Å². The van der Waals surface area contributed by atoms with Crippen molar-refractivity contribution >= 4 is 22.4 Å². The van der Waals surface area contributed by atoms with Crippen LogP contribution >= 0.6 is 0 Å². The van der Waals surface area contributed by atoms with Crippen LogP contribution in [0.3, 0.4) is 0 Å². The van der Waals surface area contributed by atoms with Crippen molar-refractivity contribution in [2.75, 3.05) is 24.7 Å². The molecule has 0 aliphatic carbocycles. The SMILES string of the molecule is CC1CN(C(N)=NCCF)c2ccc3cc(F)ccc3c21. The zero-order valence-electron chi connectivity index (χ0n) is 11.8. The fourth-order valence-corrected chi connectivity index (χ4v) is 2.99. The third-order valence-corrected chi connectivity index (χ3v) is 3.88. The Bertz CT molecular complexity index is 712. The molecule has 2 aromatic carbocycles. The third-order valence-electron chi connectivity index (χ3n) is 3.88. The molecular formula is C16H17F2N3. The van der Waals surface area contributed by atoms with Crippen molar-refractivity contribution in [3.8, 4) is 0 Å². The van der Waals surface area contributed by atoms with E-state index in [2.05, 4.69) is 11.9 Å². The second-order valence-corrected chi connectivity index (χ2v) is 5.30. The molecule has 0 saturated carbocycles. The Kier molecular flexibility index (Phi) is 3.49. The van der Waals surface area contributed by atoms with Crippen molar-refractivity contribution in [3.63, 3.8) is 0 Å². The summed E-state index contributed by atoms with van der Waals surface area (Å²) in [5.41, 5.74) is 8.08. The maximum absolute atomic E-state index is 13.3. The summed E-state index contributed by atoms with van der Waals surface area (Å²) >= 11 is 0. The van der Waals surface area contributed by atoms with Gasteiger partial charge in [-0.3, -0.25) is 4.99 Å². The average Bonchev–Trinajstić information content (AvgIpc) is 2.82. The average molecular weight is 289 g/mol. The summed E-state index contributed by atoms with van der Waals surface area (Å²) in [6, 6.07) is 8.62. The highest BCUT2D eigenvalue weighted by atomic mass is 19.1. The van der Waals surface area contributed by atoms with Gasteiger partial charge in [-0.05, 0) is 34.5 Å². The predicted molar refractivity (Wildman–Crippen MR) is 82.1 cm³/mol. The van der Waals surface area contributed by atoms with E-state index in [-0.39, 0.29) is 18.3 Å². The van der Waals surface area contributed by atoms with Crippen LogP contribution in [-0.2, 0) is 0 Å². The van der Waals surface area contributed by atoms with Crippen LogP contribution in [0.25, 0.3) is 10.8 Å². The van der Waals surface area contributed by atoms with Gasteiger partial charge in [-0.25, -0.2) is 8.78 Å². The molecule has 1 unspecified atom stereocenters. The molecule has 2 N–H and O–H groups in total. The molecule has 1 aliphatic heterocycles. The van der Waals surface area contributed by atoms with Gasteiger partial charge in [0.2, 0.25) is 0 Å². The van der Waals surface area contributed by atoms with E-state index >= 15 is 0 Å². The van der Waals surface area contributed by atoms with Crippen molar-refractivity contribution in [2.24, 2.45) is 10.7 Å². The van der Waals surface area contributed by atoms with E-state index in [4.69, 9.17) is 5.73 Å². The summed E-state index contributed by atoms with van der Waals surface area (Å²) in [7, 11) is 0. The molecule has 1 heterocycles. The Labute approximate surface area is 122 Å². The summed E-state index contributed by atoms with van der Waals surface area (Å²) in [5.74, 6) is 0.349. The first kappa shape index (κ1) is 13.8. The molecule has 0 spiro atoms. The maximum atomic E-state index is 13.3. The smallest absolute Gasteiger partial charge is 0.195 e. The summed E-state index contributed by atoms with van der Waals surface area (Å²) in [6.45, 7) is 2.36. The molecular weight excluding hydrogens is 272 g/mol. The number of anilines is 1. The molecule has 0 radical (unpaired) electrons. The van der Waals surface area contributed by atoms with E-state index in [9.17, 15) is 8.78 Å². The minimum absolute atomic E-state index is 0.0742. The lowest BCUT2D eigenvalue weighted by Crippen LogP contribution is -2.36. The topological polar surface area (TPSA) is 41.6 Å². The number of fused-ring (bicyclic) bond motifs is 3. The minimum atomic E-state index is -0.520. The van der Waals surface area contributed by atoms with E-state index < -0.39 is 6.67 Å². The molecule has 0 fully saturated rings. The number of alkyl halides is 1. The first-order chi connectivity index (χ1) is 10.1. The fourth-order valence-electron chi connectivity index (χ4n) is 2.99. The number of guanidine groups is 1. The molecule has 110 valence electrons. The Balaban J connectivity index is 2.11. The Morgan fingerprint density at radius 2 is 2.19 bits per heavy atom. The molecule has 3 rings (SSSR count). The van der Waals surface area contributed by atoms with Crippen LogP contribution < -0.4 is 10.6 Å². The maximum Gasteiger partial charge on any atom is 0.195 e. The Morgan fingerprint density at radius 1 is 1.38 bits per heavy atom. The highest BCUT2D eigenvalue weighted by Gasteiger charge is 2.29. The highest BCUT2D eigenvalue weighted by molar-refractivity contribution is 6.02. The van der Waals surface area contributed by atoms with Crippen LogP contribution in [0.15, 0.2) is 35.3 Å². The molecule has 1 atom stereocenters. The zero-order chi connectivity index (χ0) is 15.0. The van der Waals surface area contributed by atoms with Crippen LogP contribution in [0.4, 0.5) is 14.5 Å². The molecule has 0 saturated heterocycles. The van der Waals surface area contributed by atoms with Gasteiger partial charge in [0, 0.05) is 18.2 Å². The first-order valence-corrected chi connectivity index (χ1v) is 6.97. The van der Waals surface area contributed by atoms with Gasteiger partial charge in [0.05, 0.1) is 6.54 Å². The van der Waals surface area contributed by atoms with Gasteiger partial charge in [-0.2, -0.15) is 0 Å². The predicted octanol–water partition coefficient (Wildman–Crippen LogP) is 3.19. The van der Waals surface area contributed by atoms with E-state index in [0.717, 1.165) is 22.0 Å². The number of benzene rings is 2. The summed E-state index contributed by atoms with van der Waals surface area (Å²) in [5, 5.41) is 1.91. The minimum Gasteiger partial charge on any atom is -0.370 e. The number of rotatable bonds is 2. The van der Waals surface area contributed by atoms with Gasteiger partial charge in [0.25, 0.3) is 0 Å². The van der Waals surface area contributed by atoms with Crippen LogP contribution in [0, 0.1) is 5.82 Å². The number of hydrogen-bond donors (Lipinski definition) is 1. The number of nitrogens with zero attached hydrogens (tertiary/aromatic N) is 2. The molecule has 21 heavy (non-hydrogen) atoms. The number of aliphatic imine (C=N–C) groups is 1. The highest BCUT2D eigenvalue weighted by Crippen LogP contribution is 2.40. The molecule has 0 aromatic heterocycles. The van der Waals surface area contributed by atoms with Crippen LogP contribution in [0.2, 0.25) is 0 Å². The normalized spacial score (nSPS) is 18.3. The van der Waals surface area contributed by atoms with Crippen LogP contribution in [-0.4, -0.2) is 25.7 Å². The van der Waals surface area contributed by atoms with Crippen molar-refractivity contribution < 1.29 is 8.78 Å². The zero-order valence-corrected chi connectivity index (χ0v) is 11.8. The lowest BCUT2D eigenvalue weighted by atomic mass is 9.96. The quantitative estimate of drug-likeness (QED) is 0.681. The van der Waals surface area contributed by atoms with Gasteiger partial charge >= 0.3 is 0 Å². The number of hydrogen-bond acceptors (Lipinski definition) is 1. The van der Waals surface area contributed by atoms with E-state index in [1.54, 1.807) is 6.07 Å². The summed E-state index contributed by atoms with van der Waals surface area (Å²) < 4.78 is 25.6. The van der Waals surface area contributed by atoms with Gasteiger partial charge in [-0.15, -0.1) is 0 Å². The molecule has 5 heteroatoms. The van der Waals surface area contributed by atoms with Crippen LogP contribution in [0.5, 0.6) is 0 Å². The van der Waals surface area contributed by atoms with Crippen molar-refractivity contribution in [3.05, 3.63) is 41.7 Å². The Hall–Kier alpha value is -2.17. The van der Waals surface area contributed by atoms with Crippen molar-refractivity contribution in [1.82, 2.24) is 0 Å².